The highest BCUT2D eigenvalue weighted by Gasteiger charge is 2.43. The van der Waals surface area contributed by atoms with E-state index in [4.69, 9.17) is 0 Å². The fourth-order valence-corrected chi connectivity index (χ4v) is 3.98. The number of carbonyl (C=O) groups excluding carboxylic acids is 1. The number of hydrogen-bond donors (Lipinski definition) is 1. The maximum atomic E-state index is 12.7. The molecular formula is C14H20N2O3S. The Balaban J connectivity index is 2.34. The van der Waals surface area contributed by atoms with Crippen LogP contribution in [0.25, 0.3) is 0 Å². The fourth-order valence-electron chi connectivity index (χ4n) is 2.50. The Bertz CT molecular complexity index is 512. The number of aromatic nitrogens is 1. The first-order chi connectivity index (χ1) is 9.47. The zero-order chi connectivity index (χ0) is 14.9. The van der Waals surface area contributed by atoms with Crippen molar-refractivity contribution in [2.24, 2.45) is 5.92 Å². The standard InChI is InChI=1S/C14H20N2O3S/c1-4-15-7-5-6-10(15)12(17)16-11(14(18)19)8-20-13(16)9(2)3/h5-7,9,11,13H,4,8H2,1-3H3,(H,18,19). The number of aryl methyl sites for hydroxylation is 1. The molecule has 1 saturated heterocycles. The molecule has 1 aromatic rings. The third-order valence-corrected chi connectivity index (χ3v) is 5.14. The lowest BCUT2D eigenvalue weighted by atomic mass is 10.1. The van der Waals surface area contributed by atoms with Crippen molar-refractivity contribution < 1.29 is 14.7 Å². The summed E-state index contributed by atoms with van der Waals surface area (Å²) in [6, 6.07) is 2.84. The van der Waals surface area contributed by atoms with Gasteiger partial charge in [0, 0.05) is 18.5 Å². The third-order valence-electron chi connectivity index (χ3n) is 3.51. The minimum absolute atomic E-state index is 0.0798. The average Bonchev–Trinajstić information content (AvgIpc) is 3.03. The highest BCUT2D eigenvalue weighted by Crippen LogP contribution is 2.35. The van der Waals surface area contributed by atoms with E-state index < -0.39 is 12.0 Å². The summed E-state index contributed by atoms with van der Waals surface area (Å²) in [7, 11) is 0. The van der Waals surface area contributed by atoms with Gasteiger partial charge in [-0.1, -0.05) is 13.8 Å². The monoisotopic (exact) mass is 296 g/mol. The van der Waals surface area contributed by atoms with Crippen LogP contribution in [0.5, 0.6) is 0 Å². The number of hydrogen-bond acceptors (Lipinski definition) is 3. The van der Waals surface area contributed by atoms with Gasteiger partial charge in [-0.15, -0.1) is 11.8 Å². The topological polar surface area (TPSA) is 62.5 Å². The summed E-state index contributed by atoms with van der Waals surface area (Å²) in [5, 5.41) is 9.26. The van der Waals surface area contributed by atoms with Gasteiger partial charge in [0.1, 0.15) is 11.7 Å². The number of aliphatic carboxylic acids is 1. The molecule has 5 nitrogen and oxygen atoms in total. The first-order valence-electron chi connectivity index (χ1n) is 6.79. The van der Waals surface area contributed by atoms with E-state index >= 15 is 0 Å². The highest BCUT2D eigenvalue weighted by atomic mass is 32.2. The Hall–Kier alpha value is -1.43. The second-order valence-corrected chi connectivity index (χ2v) is 6.36. The van der Waals surface area contributed by atoms with Gasteiger partial charge >= 0.3 is 5.97 Å². The molecule has 0 saturated carbocycles. The number of thioether (sulfide) groups is 1. The van der Waals surface area contributed by atoms with E-state index in [2.05, 4.69) is 0 Å². The van der Waals surface area contributed by atoms with Crippen LogP contribution in [-0.4, -0.2) is 43.6 Å². The van der Waals surface area contributed by atoms with Gasteiger partial charge in [0.2, 0.25) is 0 Å². The minimum atomic E-state index is -0.927. The maximum Gasteiger partial charge on any atom is 0.327 e. The van der Waals surface area contributed by atoms with Gasteiger partial charge in [0.25, 0.3) is 5.91 Å². The van der Waals surface area contributed by atoms with Crippen LogP contribution in [0.3, 0.4) is 0 Å². The second kappa shape index (κ2) is 5.91. The highest BCUT2D eigenvalue weighted by molar-refractivity contribution is 8.00. The van der Waals surface area contributed by atoms with Crippen molar-refractivity contribution in [2.45, 2.75) is 38.7 Å². The van der Waals surface area contributed by atoms with Crippen LogP contribution in [0.2, 0.25) is 0 Å². The molecule has 0 radical (unpaired) electrons. The largest absolute Gasteiger partial charge is 0.480 e. The molecule has 20 heavy (non-hydrogen) atoms. The summed E-state index contributed by atoms with van der Waals surface area (Å²) >= 11 is 1.55. The van der Waals surface area contributed by atoms with Gasteiger partial charge in [-0.3, -0.25) is 4.79 Å². The van der Waals surface area contributed by atoms with Crippen LogP contribution in [0, 0.1) is 5.92 Å². The van der Waals surface area contributed by atoms with Crippen molar-refractivity contribution in [3.63, 3.8) is 0 Å². The van der Waals surface area contributed by atoms with E-state index in [1.807, 2.05) is 37.6 Å². The van der Waals surface area contributed by atoms with E-state index in [-0.39, 0.29) is 17.2 Å². The summed E-state index contributed by atoms with van der Waals surface area (Å²) < 4.78 is 1.85. The summed E-state index contributed by atoms with van der Waals surface area (Å²) in [6.45, 7) is 6.69. The molecule has 0 spiro atoms. The van der Waals surface area contributed by atoms with E-state index in [0.29, 0.717) is 18.0 Å². The van der Waals surface area contributed by atoms with Crippen molar-refractivity contribution >= 4 is 23.6 Å². The molecule has 110 valence electrons. The Labute approximate surface area is 122 Å². The molecular weight excluding hydrogens is 276 g/mol. The number of nitrogens with zero attached hydrogens (tertiary/aromatic N) is 2. The Morgan fingerprint density at radius 2 is 2.20 bits per heavy atom. The average molecular weight is 296 g/mol. The van der Waals surface area contributed by atoms with Gasteiger partial charge in [-0.05, 0) is 25.0 Å². The van der Waals surface area contributed by atoms with Crippen LogP contribution in [0.1, 0.15) is 31.3 Å². The van der Waals surface area contributed by atoms with Crippen molar-refractivity contribution in [1.82, 2.24) is 9.47 Å². The molecule has 1 aliphatic rings. The fraction of sp³-hybridized carbons (Fsp3) is 0.571. The summed E-state index contributed by atoms with van der Waals surface area (Å²) in [4.78, 5) is 25.7. The predicted molar refractivity (Wildman–Crippen MR) is 78.8 cm³/mol. The normalized spacial score (nSPS) is 22.5. The quantitative estimate of drug-likeness (QED) is 0.924. The molecule has 1 aromatic heterocycles. The molecule has 1 amide bonds. The molecule has 1 fully saturated rings. The second-order valence-electron chi connectivity index (χ2n) is 5.21. The van der Waals surface area contributed by atoms with Gasteiger partial charge in [-0.25, -0.2) is 4.79 Å². The van der Waals surface area contributed by atoms with Crippen molar-refractivity contribution in [2.75, 3.05) is 5.75 Å². The zero-order valence-corrected chi connectivity index (χ0v) is 12.8. The Morgan fingerprint density at radius 1 is 1.50 bits per heavy atom. The number of carbonyl (C=O) groups is 2. The van der Waals surface area contributed by atoms with Gasteiger partial charge in [-0.2, -0.15) is 0 Å². The summed E-state index contributed by atoms with van der Waals surface area (Å²) in [5.74, 6) is -0.439. The summed E-state index contributed by atoms with van der Waals surface area (Å²) in [5.41, 5.74) is 0.562. The number of carboxylic acid groups (broad SMARTS) is 1. The smallest absolute Gasteiger partial charge is 0.327 e. The molecule has 6 heteroatoms. The number of amides is 1. The number of carboxylic acids is 1. The molecule has 2 atom stereocenters. The van der Waals surface area contributed by atoms with E-state index in [9.17, 15) is 14.7 Å². The molecule has 2 unspecified atom stereocenters. The van der Waals surface area contributed by atoms with Crippen molar-refractivity contribution in [3.8, 4) is 0 Å². The molecule has 0 bridgehead atoms. The molecule has 2 heterocycles. The lowest BCUT2D eigenvalue weighted by Gasteiger charge is -2.30. The van der Waals surface area contributed by atoms with Crippen molar-refractivity contribution in [3.05, 3.63) is 24.0 Å². The molecule has 1 aliphatic heterocycles. The third kappa shape index (κ3) is 2.57. The molecule has 0 aromatic carbocycles. The molecule has 1 N–H and O–H groups in total. The molecule has 0 aliphatic carbocycles. The van der Waals surface area contributed by atoms with E-state index in [1.165, 1.54) is 0 Å². The first-order valence-corrected chi connectivity index (χ1v) is 7.84. The SMILES string of the molecule is CCn1cccc1C(=O)N1C(C(=O)O)CSC1C(C)C. The Kier molecular flexibility index (Phi) is 4.42. The van der Waals surface area contributed by atoms with Crippen LogP contribution < -0.4 is 0 Å². The predicted octanol–water partition coefficient (Wildman–Crippen LogP) is 2.13. The van der Waals surface area contributed by atoms with E-state index in [1.54, 1.807) is 22.7 Å². The van der Waals surface area contributed by atoms with Crippen LogP contribution in [0.4, 0.5) is 0 Å². The summed E-state index contributed by atoms with van der Waals surface area (Å²) in [6.07, 6.45) is 1.84. The number of rotatable bonds is 4. The van der Waals surface area contributed by atoms with Gasteiger partial charge in [0.05, 0.1) is 5.37 Å². The van der Waals surface area contributed by atoms with Gasteiger partial charge < -0.3 is 14.6 Å². The zero-order valence-electron chi connectivity index (χ0n) is 11.9. The molecule has 2 rings (SSSR count). The van der Waals surface area contributed by atoms with E-state index in [0.717, 1.165) is 0 Å². The van der Waals surface area contributed by atoms with Gasteiger partial charge in [0.15, 0.2) is 0 Å². The first kappa shape index (κ1) is 15.0. The van der Waals surface area contributed by atoms with Crippen LogP contribution >= 0.6 is 11.8 Å². The van der Waals surface area contributed by atoms with Crippen molar-refractivity contribution in [1.29, 1.82) is 0 Å². The van der Waals surface area contributed by atoms with Crippen LogP contribution in [-0.2, 0) is 11.3 Å². The minimum Gasteiger partial charge on any atom is -0.480 e. The lowest BCUT2D eigenvalue weighted by molar-refractivity contribution is -0.141. The maximum absolute atomic E-state index is 12.7. The Morgan fingerprint density at radius 3 is 2.75 bits per heavy atom. The van der Waals surface area contributed by atoms with Crippen LogP contribution in [0.15, 0.2) is 18.3 Å². The lowest BCUT2D eigenvalue weighted by Crippen LogP contribution is -2.47.